The van der Waals surface area contributed by atoms with Gasteiger partial charge in [-0.2, -0.15) is 0 Å². The number of hydrogen-bond acceptors (Lipinski definition) is 4. The van der Waals surface area contributed by atoms with Crippen LogP contribution in [0.4, 0.5) is 0 Å². The van der Waals surface area contributed by atoms with Gasteiger partial charge in [0.2, 0.25) is 17.7 Å². The number of nitrogens with zero attached hydrogens (tertiary/aromatic N) is 1. The molecule has 1 aromatic carbocycles. The number of para-hydroxylation sites is 1. The van der Waals surface area contributed by atoms with E-state index >= 15 is 0 Å². The van der Waals surface area contributed by atoms with Gasteiger partial charge in [-0.15, -0.1) is 0 Å². The van der Waals surface area contributed by atoms with Crippen molar-refractivity contribution in [3.8, 4) is 11.6 Å². The number of benzene rings is 1. The second kappa shape index (κ2) is 7.59. The van der Waals surface area contributed by atoms with E-state index in [9.17, 15) is 9.59 Å². The van der Waals surface area contributed by atoms with E-state index in [2.05, 4.69) is 15.6 Å². The number of aromatic nitrogens is 1. The Labute approximate surface area is 140 Å². The first-order valence-electron chi connectivity index (χ1n) is 7.93. The van der Waals surface area contributed by atoms with Crippen LogP contribution in [-0.2, 0) is 16.1 Å². The van der Waals surface area contributed by atoms with Crippen molar-refractivity contribution in [2.45, 2.75) is 31.8 Å². The molecule has 1 fully saturated rings. The Hall–Kier alpha value is -2.89. The Morgan fingerprint density at radius 3 is 2.83 bits per heavy atom. The fourth-order valence-corrected chi connectivity index (χ4v) is 2.57. The molecule has 0 spiro atoms. The summed E-state index contributed by atoms with van der Waals surface area (Å²) in [5.74, 6) is 1.07. The molecule has 1 atom stereocenters. The molecule has 0 radical (unpaired) electrons. The Balaban J connectivity index is 1.57. The van der Waals surface area contributed by atoms with Crippen LogP contribution < -0.4 is 15.4 Å². The van der Waals surface area contributed by atoms with Gasteiger partial charge in [-0.05, 0) is 24.6 Å². The molecule has 6 nitrogen and oxygen atoms in total. The van der Waals surface area contributed by atoms with Crippen molar-refractivity contribution in [2.24, 2.45) is 0 Å². The number of nitrogens with one attached hydrogen (secondary N) is 2. The quantitative estimate of drug-likeness (QED) is 0.853. The van der Waals surface area contributed by atoms with E-state index in [1.54, 1.807) is 12.3 Å². The van der Waals surface area contributed by atoms with Gasteiger partial charge in [0.25, 0.3) is 0 Å². The highest BCUT2D eigenvalue weighted by Gasteiger charge is 2.23. The van der Waals surface area contributed by atoms with Crippen molar-refractivity contribution in [3.63, 3.8) is 0 Å². The number of ether oxygens (including phenoxy) is 1. The summed E-state index contributed by atoms with van der Waals surface area (Å²) in [6, 6.07) is 13.0. The van der Waals surface area contributed by atoms with Crippen LogP contribution >= 0.6 is 0 Å². The number of carbonyl (C=O) groups is 2. The van der Waals surface area contributed by atoms with Crippen LogP contribution in [0.5, 0.6) is 11.6 Å². The summed E-state index contributed by atoms with van der Waals surface area (Å²) in [4.78, 5) is 27.4. The lowest BCUT2D eigenvalue weighted by molar-refractivity contribution is -0.121. The molecule has 0 unspecified atom stereocenters. The number of pyridine rings is 1. The summed E-state index contributed by atoms with van der Waals surface area (Å²) < 4.78 is 5.77. The highest BCUT2D eigenvalue weighted by atomic mass is 16.5. The maximum Gasteiger partial charge on any atom is 0.224 e. The van der Waals surface area contributed by atoms with E-state index in [1.165, 1.54) is 0 Å². The smallest absolute Gasteiger partial charge is 0.224 e. The predicted octanol–water partition coefficient (Wildman–Crippen LogP) is 2.16. The fourth-order valence-electron chi connectivity index (χ4n) is 2.57. The van der Waals surface area contributed by atoms with Crippen LogP contribution in [0.1, 0.15) is 24.8 Å². The lowest BCUT2D eigenvalue weighted by Gasteiger charge is -2.12. The minimum Gasteiger partial charge on any atom is -0.439 e. The van der Waals surface area contributed by atoms with Gasteiger partial charge in [0, 0.05) is 37.2 Å². The van der Waals surface area contributed by atoms with Gasteiger partial charge in [0.1, 0.15) is 5.75 Å². The van der Waals surface area contributed by atoms with Gasteiger partial charge < -0.3 is 15.4 Å². The van der Waals surface area contributed by atoms with Crippen molar-refractivity contribution in [3.05, 3.63) is 54.2 Å². The van der Waals surface area contributed by atoms with Crippen LogP contribution in [0, 0.1) is 0 Å². The van der Waals surface area contributed by atoms with Crippen LogP contribution in [0.25, 0.3) is 0 Å². The maximum absolute atomic E-state index is 12.0. The summed E-state index contributed by atoms with van der Waals surface area (Å²) in [5, 5.41) is 5.65. The first-order chi connectivity index (χ1) is 11.7. The van der Waals surface area contributed by atoms with Crippen LogP contribution in [-0.4, -0.2) is 22.8 Å². The molecule has 2 amide bonds. The molecular weight excluding hydrogens is 306 g/mol. The van der Waals surface area contributed by atoms with Gasteiger partial charge in [0.15, 0.2) is 0 Å². The predicted molar refractivity (Wildman–Crippen MR) is 88.4 cm³/mol. The van der Waals surface area contributed by atoms with Crippen LogP contribution in [0.15, 0.2) is 48.7 Å². The highest BCUT2D eigenvalue weighted by molar-refractivity contribution is 5.81. The van der Waals surface area contributed by atoms with Gasteiger partial charge in [-0.1, -0.05) is 24.3 Å². The van der Waals surface area contributed by atoms with Gasteiger partial charge in [-0.25, -0.2) is 4.98 Å². The average molecular weight is 325 g/mol. The molecule has 124 valence electrons. The molecule has 0 saturated carbocycles. The monoisotopic (exact) mass is 325 g/mol. The van der Waals surface area contributed by atoms with E-state index in [0.29, 0.717) is 37.4 Å². The third-order valence-corrected chi connectivity index (χ3v) is 3.80. The van der Waals surface area contributed by atoms with Gasteiger partial charge in [0.05, 0.1) is 0 Å². The van der Waals surface area contributed by atoms with E-state index in [0.717, 1.165) is 5.56 Å². The molecule has 6 heteroatoms. The molecule has 1 aliphatic heterocycles. The first kappa shape index (κ1) is 16.0. The molecule has 2 heterocycles. The van der Waals surface area contributed by atoms with E-state index < -0.39 is 0 Å². The lowest BCUT2D eigenvalue weighted by atomic mass is 10.1. The summed E-state index contributed by atoms with van der Waals surface area (Å²) in [7, 11) is 0. The Morgan fingerprint density at radius 1 is 1.25 bits per heavy atom. The molecule has 3 rings (SSSR count). The average Bonchev–Trinajstić information content (AvgIpc) is 3.00. The molecule has 0 bridgehead atoms. The second-order valence-electron chi connectivity index (χ2n) is 5.67. The zero-order valence-corrected chi connectivity index (χ0v) is 13.2. The zero-order valence-electron chi connectivity index (χ0n) is 13.2. The van der Waals surface area contributed by atoms with E-state index in [-0.39, 0.29) is 17.9 Å². The Morgan fingerprint density at radius 2 is 2.08 bits per heavy atom. The molecule has 0 aliphatic carbocycles. The summed E-state index contributed by atoms with van der Waals surface area (Å²) in [6.45, 7) is 0.329. The first-order valence-corrected chi connectivity index (χ1v) is 7.93. The van der Waals surface area contributed by atoms with Crippen molar-refractivity contribution in [1.82, 2.24) is 15.6 Å². The van der Waals surface area contributed by atoms with Gasteiger partial charge >= 0.3 is 0 Å². The van der Waals surface area contributed by atoms with Crippen molar-refractivity contribution in [2.75, 3.05) is 0 Å². The zero-order chi connectivity index (χ0) is 16.8. The lowest BCUT2D eigenvalue weighted by Crippen LogP contribution is -2.33. The summed E-state index contributed by atoms with van der Waals surface area (Å²) in [6.07, 6.45) is 3.15. The Bertz CT molecular complexity index is 718. The Kier molecular flexibility index (Phi) is 5.05. The van der Waals surface area contributed by atoms with Crippen LogP contribution in [0.3, 0.4) is 0 Å². The molecule has 24 heavy (non-hydrogen) atoms. The number of rotatable bonds is 6. The normalized spacial score (nSPS) is 16.5. The standard InChI is InChI=1S/C18H19N3O3/c22-16-9-8-14(21-16)11-17(23)20-12-13-5-4-10-19-18(13)24-15-6-2-1-3-7-15/h1-7,10,14H,8-9,11-12H2,(H,20,23)(H,21,22)/t14-/m0/s1. The van der Waals surface area contributed by atoms with E-state index in [4.69, 9.17) is 4.74 Å². The minimum atomic E-state index is -0.100. The van der Waals surface area contributed by atoms with Crippen molar-refractivity contribution < 1.29 is 14.3 Å². The maximum atomic E-state index is 12.0. The number of amides is 2. The number of carbonyl (C=O) groups excluding carboxylic acids is 2. The topological polar surface area (TPSA) is 80.3 Å². The molecule has 2 N–H and O–H groups in total. The van der Waals surface area contributed by atoms with Crippen LogP contribution in [0.2, 0.25) is 0 Å². The summed E-state index contributed by atoms with van der Waals surface area (Å²) >= 11 is 0. The molecule has 2 aromatic rings. The molecular formula is C18H19N3O3. The minimum absolute atomic E-state index is 0.0126. The van der Waals surface area contributed by atoms with Gasteiger partial charge in [-0.3, -0.25) is 9.59 Å². The largest absolute Gasteiger partial charge is 0.439 e. The third kappa shape index (κ3) is 4.32. The SMILES string of the molecule is O=C(C[C@@H]1CCC(=O)N1)NCc1cccnc1Oc1ccccc1. The third-order valence-electron chi connectivity index (χ3n) is 3.80. The molecule has 1 saturated heterocycles. The van der Waals surface area contributed by atoms with Crippen molar-refractivity contribution in [1.29, 1.82) is 0 Å². The second-order valence-corrected chi connectivity index (χ2v) is 5.67. The van der Waals surface area contributed by atoms with Crippen molar-refractivity contribution >= 4 is 11.8 Å². The summed E-state index contributed by atoms with van der Waals surface area (Å²) in [5.41, 5.74) is 0.796. The number of hydrogen-bond donors (Lipinski definition) is 2. The highest BCUT2D eigenvalue weighted by Crippen LogP contribution is 2.22. The fraction of sp³-hybridized carbons (Fsp3) is 0.278. The molecule has 1 aliphatic rings. The van der Waals surface area contributed by atoms with E-state index in [1.807, 2.05) is 36.4 Å². The molecule has 1 aromatic heterocycles.